The predicted molar refractivity (Wildman–Crippen MR) is 127 cm³/mol. The number of hydrogen-bond acceptors (Lipinski definition) is 4. The number of halogens is 2. The molecule has 7 nitrogen and oxygen atoms in total. The van der Waals surface area contributed by atoms with Crippen molar-refractivity contribution in [3.8, 4) is 5.75 Å². The highest BCUT2D eigenvalue weighted by Crippen LogP contribution is 2.22. The van der Waals surface area contributed by atoms with E-state index in [2.05, 4.69) is 16.0 Å². The number of carbonyl (C=O) groups is 2. The van der Waals surface area contributed by atoms with E-state index in [1.165, 1.54) is 16.8 Å². The zero-order chi connectivity index (χ0) is 24.2. The standard InChI is InChI=1S/C25H22ClFN4O3/c1-15-22(23(26)31(30-15)14-17-7-10-20(27)11-8-17)25(33)29-28-24(32)16(2)34-21-12-9-18-5-3-4-6-19(18)13-21/h3-13,16H,14H2,1-2H3,(H,28,32)(H,29,33). The molecular weight excluding hydrogens is 459 g/mol. The molecule has 2 N–H and O–H groups in total. The Morgan fingerprint density at radius 1 is 1.06 bits per heavy atom. The summed E-state index contributed by atoms with van der Waals surface area (Å²) >= 11 is 6.37. The number of amides is 2. The smallest absolute Gasteiger partial charge is 0.279 e. The fraction of sp³-hybridized carbons (Fsp3) is 0.160. The van der Waals surface area contributed by atoms with Crippen molar-refractivity contribution < 1.29 is 18.7 Å². The van der Waals surface area contributed by atoms with E-state index in [9.17, 15) is 14.0 Å². The molecule has 3 aromatic carbocycles. The Hall–Kier alpha value is -3.91. The van der Waals surface area contributed by atoms with Crippen LogP contribution in [0.3, 0.4) is 0 Å². The van der Waals surface area contributed by atoms with Crippen LogP contribution in [0.5, 0.6) is 5.75 Å². The number of aromatic nitrogens is 2. The maximum Gasteiger partial charge on any atom is 0.279 e. The molecule has 4 rings (SSSR count). The second-order valence-corrected chi connectivity index (χ2v) is 8.11. The van der Waals surface area contributed by atoms with Crippen molar-refractivity contribution in [1.29, 1.82) is 0 Å². The normalized spacial score (nSPS) is 11.8. The van der Waals surface area contributed by atoms with Crippen LogP contribution in [0.1, 0.15) is 28.5 Å². The van der Waals surface area contributed by atoms with Crippen LogP contribution in [0.25, 0.3) is 10.8 Å². The molecule has 0 fully saturated rings. The third-order valence-electron chi connectivity index (χ3n) is 5.24. The first-order valence-electron chi connectivity index (χ1n) is 10.5. The van der Waals surface area contributed by atoms with Crippen molar-refractivity contribution in [1.82, 2.24) is 20.6 Å². The molecule has 1 unspecified atom stereocenters. The van der Waals surface area contributed by atoms with Crippen LogP contribution in [0.4, 0.5) is 4.39 Å². The van der Waals surface area contributed by atoms with Gasteiger partial charge in [-0.05, 0) is 54.4 Å². The number of benzene rings is 3. The number of rotatable bonds is 6. The number of ether oxygens (including phenoxy) is 1. The predicted octanol–water partition coefficient (Wildman–Crippen LogP) is 4.41. The topological polar surface area (TPSA) is 85.3 Å². The lowest BCUT2D eigenvalue weighted by molar-refractivity contribution is -0.128. The van der Waals surface area contributed by atoms with Crippen LogP contribution >= 0.6 is 11.6 Å². The molecule has 0 aliphatic heterocycles. The molecule has 1 heterocycles. The minimum absolute atomic E-state index is 0.106. The molecule has 0 bridgehead atoms. The van der Waals surface area contributed by atoms with E-state index in [1.807, 2.05) is 36.4 Å². The molecule has 1 atom stereocenters. The maximum atomic E-state index is 13.1. The number of nitrogens with zero attached hydrogens (tertiary/aromatic N) is 2. The van der Waals surface area contributed by atoms with Crippen LogP contribution < -0.4 is 15.6 Å². The third-order valence-corrected chi connectivity index (χ3v) is 5.62. The summed E-state index contributed by atoms with van der Waals surface area (Å²) in [5.74, 6) is -0.956. The van der Waals surface area contributed by atoms with E-state index in [0.717, 1.165) is 16.3 Å². The molecule has 0 aliphatic carbocycles. The molecule has 0 aliphatic rings. The van der Waals surface area contributed by atoms with E-state index in [4.69, 9.17) is 16.3 Å². The second-order valence-electron chi connectivity index (χ2n) is 7.75. The van der Waals surface area contributed by atoms with Gasteiger partial charge in [-0.3, -0.25) is 20.4 Å². The van der Waals surface area contributed by atoms with Crippen molar-refractivity contribution in [3.05, 3.63) is 94.5 Å². The van der Waals surface area contributed by atoms with E-state index in [-0.39, 0.29) is 23.1 Å². The van der Waals surface area contributed by atoms with Gasteiger partial charge in [-0.2, -0.15) is 5.10 Å². The van der Waals surface area contributed by atoms with Crippen molar-refractivity contribution in [2.75, 3.05) is 0 Å². The molecule has 9 heteroatoms. The zero-order valence-corrected chi connectivity index (χ0v) is 19.3. The first kappa shape index (κ1) is 23.3. The highest BCUT2D eigenvalue weighted by Gasteiger charge is 2.22. The molecule has 0 radical (unpaired) electrons. The van der Waals surface area contributed by atoms with Crippen LogP contribution in [0.15, 0.2) is 66.7 Å². The fourth-order valence-corrected chi connectivity index (χ4v) is 3.78. The van der Waals surface area contributed by atoms with Gasteiger partial charge >= 0.3 is 0 Å². The monoisotopic (exact) mass is 480 g/mol. The van der Waals surface area contributed by atoms with Gasteiger partial charge in [-0.1, -0.05) is 54.1 Å². The van der Waals surface area contributed by atoms with Crippen LogP contribution in [0.2, 0.25) is 5.15 Å². The highest BCUT2D eigenvalue weighted by atomic mass is 35.5. The largest absolute Gasteiger partial charge is 0.481 e. The van der Waals surface area contributed by atoms with Crippen molar-refractivity contribution >= 4 is 34.2 Å². The van der Waals surface area contributed by atoms with Gasteiger partial charge in [0.1, 0.15) is 22.3 Å². The summed E-state index contributed by atoms with van der Waals surface area (Å²) in [6.07, 6.45) is -0.862. The fourth-order valence-electron chi connectivity index (χ4n) is 3.46. The molecule has 0 saturated heterocycles. The Kier molecular flexibility index (Phi) is 6.79. The van der Waals surface area contributed by atoms with Gasteiger partial charge in [0.2, 0.25) is 0 Å². The Bertz CT molecular complexity index is 1350. The molecule has 2 amide bonds. The molecular formula is C25H22ClFN4O3. The van der Waals surface area contributed by atoms with E-state index >= 15 is 0 Å². The molecule has 174 valence electrons. The summed E-state index contributed by atoms with van der Waals surface area (Å²) in [6.45, 7) is 3.47. The molecule has 4 aromatic rings. The van der Waals surface area contributed by atoms with Gasteiger partial charge in [0, 0.05) is 0 Å². The van der Waals surface area contributed by atoms with Gasteiger partial charge in [-0.25, -0.2) is 9.07 Å². The number of fused-ring (bicyclic) bond motifs is 1. The first-order valence-corrected chi connectivity index (χ1v) is 10.9. The van der Waals surface area contributed by atoms with Crippen LogP contribution in [0, 0.1) is 12.7 Å². The number of carbonyl (C=O) groups excluding carboxylic acids is 2. The summed E-state index contributed by atoms with van der Waals surface area (Å²) in [5, 5.41) is 6.44. The van der Waals surface area contributed by atoms with Crippen LogP contribution in [-0.2, 0) is 11.3 Å². The summed E-state index contributed by atoms with van der Waals surface area (Å²) < 4.78 is 20.3. The van der Waals surface area contributed by atoms with E-state index in [0.29, 0.717) is 11.4 Å². The Labute approximate surface area is 200 Å². The van der Waals surface area contributed by atoms with Crippen molar-refractivity contribution in [2.45, 2.75) is 26.5 Å². The summed E-state index contributed by atoms with van der Waals surface area (Å²) in [7, 11) is 0. The number of aryl methyl sites for hydroxylation is 1. The van der Waals surface area contributed by atoms with E-state index < -0.39 is 17.9 Å². The van der Waals surface area contributed by atoms with Gasteiger partial charge in [0.15, 0.2) is 6.10 Å². The maximum absolute atomic E-state index is 13.1. The second kappa shape index (κ2) is 9.93. The zero-order valence-electron chi connectivity index (χ0n) is 18.5. The first-order chi connectivity index (χ1) is 16.3. The number of nitrogens with one attached hydrogen (secondary N) is 2. The van der Waals surface area contributed by atoms with Gasteiger partial charge in [-0.15, -0.1) is 0 Å². The lowest BCUT2D eigenvalue weighted by atomic mass is 10.1. The summed E-state index contributed by atoms with van der Waals surface area (Å²) in [5.41, 5.74) is 6.00. The number of hydrazine groups is 1. The lowest BCUT2D eigenvalue weighted by Gasteiger charge is -2.15. The summed E-state index contributed by atoms with van der Waals surface area (Å²) in [6, 6.07) is 19.2. The average Bonchev–Trinajstić information content (AvgIpc) is 3.11. The van der Waals surface area contributed by atoms with Gasteiger partial charge in [0.25, 0.3) is 11.8 Å². The quantitative estimate of drug-likeness (QED) is 0.400. The highest BCUT2D eigenvalue weighted by molar-refractivity contribution is 6.33. The molecule has 0 spiro atoms. The molecule has 34 heavy (non-hydrogen) atoms. The third kappa shape index (κ3) is 5.18. The minimum Gasteiger partial charge on any atom is -0.481 e. The van der Waals surface area contributed by atoms with Crippen molar-refractivity contribution in [2.24, 2.45) is 0 Å². The summed E-state index contributed by atoms with van der Waals surface area (Å²) in [4.78, 5) is 25.1. The average molecular weight is 481 g/mol. The Morgan fingerprint density at radius 2 is 1.76 bits per heavy atom. The number of hydrogen-bond donors (Lipinski definition) is 2. The minimum atomic E-state index is -0.862. The lowest BCUT2D eigenvalue weighted by Crippen LogP contribution is -2.47. The van der Waals surface area contributed by atoms with Crippen molar-refractivity contribution in [3.63, 3.8) is 0 Å². The van der Waals surface area contributed by atoms with Gasteiger partial charge in [0.05, 0.1) is 12.2 Å². The van der Waals surface area contributed by atoms with Crippen LogP contribution in [-0.4, -0.2) is 27.7 Å². The van der Waals surface area contributed by atoms with E-state index in [1.54, 1.807) is 32.0 Å². The SMILES string of the molecule is Cc1nn(Cc2ccc(F)cc2)c(Cl)c1C(=O)NNC(=O)C(C)Oc1ccc2ccccc2c1. The Balaban J connectivity index is 1.37. The molecule has 0 saturated carbocycles. The van der Waals surface area contributed by atoms with Gasteiger partial charge < -0.3 is 4.74 Å². The molecule has 1 aromatic heterocycles. The Morgan fingerprint density at radius 3 is 2.50 bits per heavy atom.